The first-order valence-corrected chi connectivity index (χ1v) is 10.8. The molecule has 118 valence electrons. The summed E-state index contributed by atoms with van der Waals surface area (Å²) in [6.45, 7) is 11.4. The van der Waals surface area contributed by atoms with Crippen LogP contribution in [-0.2, 0) is 18.4 Å². The lowest BCUT2D eigenvalue weighted by Gasteiger charge is -2.17. The largest absolute Gasteiger partial charge is 0.392 e. The number of aryl methyl sites for hydroxylation is 1. The smallest absolute Gasteiger partial charge is 0.274 e. The van der Waals surface area contributed by atoms with Crippen molar-refractivity contribution in [2.45, 2.75) is 32.3 Å². The van der Waals surface area contributed by atoms with Crippen molar-refractivity contribution in [2.75, 3.05) is 18.7 Å². The third-order valence-electron chi connectivity index (χ3n) is 3.22. The van der Waals surface area contributed by atoms with Gasteiger partial charge in [0, 0.05) is 39.1 Å². The molecule has 0 aromatic carbocycles. The minimum atomic E-state index is -1.11. The molecule has 0 aliphatic heterocycles. The Morgan fingerprint density at radius 2 is 2.14 bits per heavy atom. The molecule has 0 aliphatic rings. The fourth-order valence-corrected chi connectivity index (χ4v) is 2.67. The summed E-state index contributed by atoms with van der Waals surface area (Å²) in [5.74, 6) is 0. The summed E-state index contributed by atoms with van der Waals surface area (Å²) in [4.78, 5) is 12.2. The zero-order valence-electron chi connectivity index (χ0n) is 13.4. The first kappa shape index (κ1) is 17.7. The van der Waals surface area contributed by atoms with Crippen LogP contribution in [0.2, 0.25) is 25.7 Å². The maximum Gasteiger partial charge on any atom is 0.274 e. The molecule has 0 unspecified atom stereocenters. The number of anilines is 1. The zero-order chi connectivity index (χ0) is 16.0. The van der Waals surface area contributed by atoms with Gasteiger partial charge in [-0.15, -0.1) is 0 Å². The minimum Gasteiger partial charge on any atom is -0.392 e. The standard InChI is InChI=1S/C15H26N2O3Si/c1-6-13-12(10-18)9-17(2)15(19)14(13)16-11-20-7-8-21(3,4)5/h6,9,16,18H,1,7-8,10-11H2,2-5H3. The van der Waals surface area contributed by atoms with Crippen LogP contribution in [0.15, 0.2) is 17.6 Å². The van der Waals surface area contributed by atoms with E-state index < -0.39 is 8.07 Å². The number of pyridine rings is 1. The Bertz CT molecular complexity index is 547. The molecule has 0 atom stereocenters. The average Bonchev–Trinajstić information content (AvgIpc) is 2.41. The monoisotopic (exact) mass is 310 g/mol. The maximum atomic E-state index is 12.2. The molecular formula is C15H26N2O3Si. The predicted molar refractivity (Wildman–Crippen MR) is 90.3 cm³/mol. The maximum absolute atomic E-state index is 12.2. The highest BCUT2D eigenvalue weighted by atomic mass is 28.3. The van der Waals surface area contributed by atoms with Gasteiger partial charge in [0.05, 0.1) is 6.61 Å². The zero-order valence-corrected chi connectivity index (χ0v) is 14.4. The van der Waals surface area contributed by atoms with Crippen LogP contribution in [0.4, 0.5) is 5.69 Å². The lowest BCUT2D eigenvalue weighted by molar-refractivity contribution is 0.165. The van der Waals surface area contributed by atoms with E-state index in [0.29, 0.717) is 23.4 Å². The van der Waals surface area contributed by atoms with E-state index in [-0.39, 0.29) is 18.9 Å². The second kappa shape index (κ2) is 7.58. The highest BCUT2D eigenvalue weighted by Gasteiger charge is 2.13. The molecule has 0 saturated carbocycles. The van der Waals surface area contributed by atoms with E-state index in [4.69, 9.17) is 4.74 Å². The molecule has 0 spiro atoms. The lowest BCUT2D eigenvalue weighted by atomic mass is 10.1. The van der Waals surface area contributed by atoms with Crippen molar-refractivity contribution < 1.29 is 9.84 Å². The van der Waals surface area contributed by atoms with E-state index in [0.717, 1.165) is 6.04 Å². The normalized spacial score (nSPS) is 11.5. The van der Waals surface area contributed by atoms with E-state index in [1.165, 1.54) is 4.57 Å². The molecule has 0 bridgehead atoms. The Balaban J connectivity index is 2.76. The Morgan fingerprint density at radius 1 is 1.48 bits per heavy atom. The number of nitrogens with one attached hydrogen (secondary N) is 1. The minimum absolute atomic E-state index is 0.138. The molecule has 6 heteroatoms. The molecule has 0 radical (unpaired) electrons. The predicted octanol–water partition coefficient (Wildman–Crippen LogP) is 2.24. The van der Waals surface area contributed by atoms with E-state index in [1.54, 1.807) is 19.3 Å². The van der Waals surface area contributed by atoms with Crippen molar-refractivity contribution in [3.05, 3.63) is 34.3 Å². The summed E-state index contributed by atoms with van der Waals surface area (Å²) in [6.07, 6.45) is 3.20. The molecular weight excluding hydrogens is 284 g/mol. The molecule has 1 aromatic heterocycles. The SMILES string of the molecule is C=Cc1c(CO)cn(C)c(=O)c1NCOCC[Si](C)(C)C. The summed E-state index contributed by atoms with van der Waals surface area (Å²) in [6, 6.07) is 1.08. The van der Waals surface area contributed by atoms with Crippen LogP contribution in [0.3, 0.4) is 0 Å². The van der Waals surface area contributed by atoms with Gasteiger partial charge in [0.25, 0.3) is 5.56 Å². The Hall–Kier alpha value is -1.37. The van der Waals surface area contributed by atoms with Crippen LogP contribution < -0.4 is 10.9 Å². The number of ether oxygens (including phenoxy) is 1. The fraction of sp³-hybridized carbons (Fsp3) is 0.533. The van der Waals surface area contributed by atoms with Crippen LogP contribution in [0.5, 0.6) is 0 Å². The molecule has 5 nitrogen and oxygen atoms in total. The summed E-state index contributed by atoms with van der Waals surface area (Å²) < 4.78 is 7.01. The summed E-state index contributed by atoms with van der Waals surface area (Å²) in [5.41, 5.74) is 1.56. The van der Waals surface area contributed by atoms with Crippen molar-refractivity contribution in [2.24, 2.45) is 7.05 Å². The molecule has 0 amide bonds. The molecule has 0 saturated heterocycles. The van der Waals surface area contributed by atoms with Crippen molar-refractivity contribution in [3.63, 3.8) is 0 Å². The van der Waals surface area contributed by atoms with Crippen molar-refractivity contribution in [1.29, 1.82) is 0 Å². The van der Waals surface area contributed by atoms with Gasteiger partial charge in [-0.2, -0.15) is 0 Å². The second-order valence-corrected chi connectivity index (χ2v) is 11.9. The van der Waals surface area contributed by atoms with Gasteiger partial charge in [0.2, 0.25) is 0 Å². The number of aliphatic hydroxyl groups is 1. The van der Waals surface area contributed by atoms with Crippen molar-refractivity contribution in [1.82, 2.24) is 4.57 Å². The molecule has 0 aliphatic carbocycles. The Kier molecular flexibility index (Phi) is 6.38. The summed E-state index contributed by atoms with van der Waals surface area (Å²) >= 11 is 0. The third kappa shape index (κ3) is 5.15. The molecule has 1 aromatic rings. The average molecular weight is 310 g/mol. The summed E-state index contributed by atoms with van der Waals surface area (Å²) in [5, 5.41) is 12.4. The van der Waals surface area contributed by atoms with E-state index in [2.05, 4.69) is 31.5 Å². The van der Waals surface area contributed by atoms with E-state index >= 15 is 0 Å². The Morgan fingerprint density at radius 3 is 2.67 bits per heavy atom. The van der Waals surface area contributed by atoms with Gasteiger partial charge in [0.1, 0.15) is 12.4 Å². The number of aliphatic hydroxyl groups excluding tert-OH is 1. The topological polar surface area (TPSA) is 63.5 Å². The first-order valence-electron chi connectivity index (χ1n) is 7.07. The summed E-state index contributed by atoms with van der Waals surface area (Å²) in [7, 11) is 0.552. The molecule has 0 fully saturated rings. The van der Waals surface area contributed by atoms with Gasteiger partial charge in [-0.1, -0.05) is 32.3 Å². The highest BCUT2D eigenvalue weighted by molar-refractivity contribution is 6.76. The number of hydrogen-bond donors (Lipinski definition) is 2. The Labute approximate surface area is 127 Å². The van der Waals surface area contributed by atoms with Gasteiger partial charge in [-0.3, -0.25) is 4.79 Å². The van der Waals surface area contributed by atoms with E-state index in [9.17, 15) is 9.90 Å². The van der Waals surface area contributed by atoms with Crippen LogP contribution in [0.25, 0.3) is 6.08 Å². The highest BCUT2D eigenvalue weighted by Crippen LogP contribution is 2.17. The first-order chi connectivity index (χ1) is 9.80. The van der Waals surface area contributed by atoms with E-state index in [1.807, 2.05) is 0 Å². The second-order valence-electron chi connectivity index (χ2n) is 6.26. The van der Waals surface area contributed by atoms with Crippen LogP contribution in [0, 0.1) is 0 Å². The molecule has 1 rings (SSSR count). The molecule has 2 N–H and O–H groups in total. The van der Waals surface area contributed by atoms with Gasteiger partial charge in [0.15, 0.2) is 0 Å². The van der Waals surface area contributed by atoms with Crippen LogP contribution >= 0.6 is 0 Å². The van der Waals surface area contributed by atoms with Crippen LogP contribution in [-0.4, -0.2) is 31.1 Å². The van der Waals surface area contributed by atoms with Gasteiger partial charge >= 0.3 is 0 Å². The van der Waals surface area contributed by atoms with Gasteiger partial charge in [-0.25, -0.2) is 0 Å². The number of hydrogen-bond acceptors (Lipinski definition) is 4. The number of nitrogens with zero attached hydrogens (tertiary/aromatic N) is 1. The van der Waals surface area contributed by atoms with Crippen LogP contribution in [0.1, 0.15) is 11.1 Å². The lowest BCUT2D eigenvalue weighted by Crippen LogP contribution is -2.26. The quantitative estimate of drug-likeness (QED) is 0.439. The third-order valence-corrected chi connectivity index (χ3v) is 4.92. The molecule has 1 heterocycles. The van der Waals surface area contributed by atoms with Gasteiger partial charge < -0.3 is 19.7 Å². The molecule has 21 heavy (non-hydrogen) atoms. The fourth-order valence-electron chi connectivity index (χ4n) is 1.92. The van der Waals surface area contributed by atoms with Gasteiger partial charge in [-0.05, 0) is 6.04 Å². The number of rotatable bonds is 8. The van der Waals surface area contributed by atoms with Crippen molar-refractivity contribution >= 4 is 19.8 Å². The van der Waals surface area contributed by atoms with Crippen molar-refractivity contribution in [3.8, 4) is 0 Å². The number of aromatic nitrogens is 1.